The van der Waals surface area contributed by atoms with Crippen molar-refractivity contribution in [3.8, 4) is 0 Å². The van der Waals surface area contributed by atoms with Gasteiger partial charge in [0.2, 0.25) is 0 Å². The summed E-state index contributed by atoms with van der Waals surface area (Å²) in [5.41, 5.74) is 0.493. The number of nitrogens with zero attached hydrogens (tertiary/aromatic N) is 4. The summed E-state index contributed by atoms with van der Waals surface area (Å²) in [5.74, 6) is 1.63. The van der Waals surface area contributed by atoms with Crippen molar-refractivity contribution >= 4 is 30.1 Å². The van der Waals surface area contributed by atoms with Gasteiger partial charge in [-0.2, -0.15) is 11.8 Å². The highest BCUT2D eigenvalue weighted by Crippen LogP contribution is 2.26. The van der Waals surface area contributed by atoms with Gasteiger partial charge in [-0.15, -0.1) is 17.5 Å². The highest BCUT2D eigenvalue weighted by molar-refractivity contribution is 8.00. The maximum Gasteiger partial charge on any atom is 0.276 e. The van der Waals surface area contributed by atoms with Gasteiger partial charge >= 0.3 is 0 Å². The van der Waals surface area contributed by atoms with E-state index in [1.165, 1.54) is 0 Å². The Morgan fingerprint density at radius 1 is 1.39 bits per heavy atom. The zero-order valence-electron chi connectivity index (χ0n) is 13.8. The van der Waals surface area contributed by atoms with Gasteiger partial charge in [0.05, 0.1) is 12.2 Å². The summed E-state index contributed by atoms with van der Waals surface area (Å²) in [6.07, 6.45) is 3.93. The van der Waals surface area contributed by atoms with Crippen LogP contribution in [0.4, 0.5) is 0 Å². The first-order valence-corrected chi connectivity index (χ1v) is 9.23. The molecule has 6 nitrogen and oxygen atoms in total. The summed E-state index contributed by atoms with van der Waals surface area (Å²) in [5, 5.41) is 12.2. The van der Waals surface area contributed by atoms with Gasteiger partial charge in [0, 0.05) is 24.1 Å². The molecule has 0 aliphatic carbocycles. The third-order valence-corrected chi connectivity index (χ3v) is 6.08. The second-order valence-electron chi connectivity index (χ2n) is 6.47. The van der Waals surface area contributed by atoms with Crippen molar-refractivity contribution in [3.63, 3.8) is 0 Å². The first-order valence-electron chi connectivity index (χ1n) is 8.18. The second-order valence-corrected chi connectivity index (χ2v) is 7.82. The topological polar surface area (TPSA) is 63.1 Å². The standard InChI is InChI=1S/C15H25N5OS.ClH/c1-11(2)14-10-19(7-8-22-14)15(21)13-9-20(18-17-13)12-3-5-16-6-4-12;/h9,11-12,14,16H,3-8,10H2,1-2H3;1H. The lowest BCUT2D eigenvalue weighted by Gasteiger charge is -2.33. The quantitative estimate of drug-likeness (QED) is 0.892. The van der Waals surface area contributed by atoms with Crippen molar-refractivity contribution in [2.24, 2.45) is 5.92 Å². The van der Waals surface area contributed by atoms with Crippen LogP contribution in [0.25, 0.3) is 0 Å². The van der Waals surface area contributed by atoms with Crippen LogP contribution < -0.4 is 5.32 Å². The van der Waals surface area contributed by atoms with E-state index in [2.05, 4.69) is 29.5 Å². The number of amides is 1. The molecule has 3 heterocycles. The fraction of sp³-hybridized carbons (Fsp3) is 0.800. The Labute approximate surface area is 148 Å². The van der Waals surface area contributed by atoms with Gasteiger partial charge in [-0.3, -0.25) is 4.79 Å². The predicted molar refractivity (Wildman–Crippen MR) is 95.4 cm³/mol. The molecule has 23 heavy (non-hydrogen) atoms. The molecule has 2 aliphatic heterocycles. The minimum Gasteiger partial charge on any atom is -0.335 e. The molecular formula is C15H26ClN5OS. The molecule has 1 aromatic heterocycles. The third-order valence-electron chi connectivity index (χ3n) is 4.54. The molecule has 2 fully saturated rings. The molecule has 2 saturated heterocycles. The Morgan fingerprint density at radius 2 is 2.13 bits per heavy atom. The van der Waals surface area contributed by atoms with Crippen molar-refractivity contribution < 1.29 is 4.79 Å². The molecule has 1 unspecified atom stereocenters. The van der Waals surface area contributed by atoms with Crippen LogP contribution in [0.5, 0.6) is 0 Å². The van der Waals surface area contributed by atoms with Gasteiger partial charge in [0.15, 0.2) is 5.69 Å². The highest BCUT2D eigenvalue weighted by Gasteiger charge is 2.28. The molecule has 0 aromatic carbocycles. The molecule has 3 rings (SSSR count). The summed E-state index contributed by atoms with van der Waals surface area (Å²) in [4.78, 5) is 14.6. The fourth-order valence-electron chi connectivity index (χ4n) is 3.05. The Kier molecular flexibility index (Phi) is 6.73. The van der Waals surface area contributed by atoms with Crippen LogP contribution in [0.1, 0.15) is 43.2 Å². The van der Waals surface area contributed by atoms with Crippen LogP contribution in [0.2, 0.25) is 0 Å². The second kappa shape index (κ2) is 8.35. The van der Waals surface area contributed by atoms with E-state index < -0.39 is 0 Å². The van der Waals surface area contributed by atoms with E-state index in [9.17, 15) is 4.79 Å². The highest BCUT2D eigenvalue weighted by atomic mass is 35.5. The van der Waals surface area contributed by atoms with Gasteiger partial charge in [-0.1, -0.05) is 19.1 Å². The van der Waals surface area contributed by atoms with Crippen LogP contribution in [-0.2, 0) is 0 Å². The summed E-state index contributed by atoms with van der Waals surface area (Å²) in [6.45, 7) is 8.09. The van der Waals surface area contributed by atoms with Crippen LogP contribution >= 0.6 is 24.2 Å². The number of hydrogen-bond acceptors (Lipinski definition) is 5. The van der Waals surface area contributed by atoms with E-state index in [0.717, 1.165) is 44.8 Å². The minimum absolute atomic E-state index is 0. The molecule has 2 aliphatic rings. The largest absolute Gasteiger partial charge is 0.335 e. The third kappa shape index (κ3) is 4.39. The van der Waals surface area contributed by atoms with E-state index >= 15 is 0 Å². The number of nitrogens with one attached hydrogen (secondary N) is 1. The molecule has 0 saturated carbocycles. The monoisotopic (exact) mass is 359 g/mol. The average Bonchev–Trinajstić information content (AvgIpc) is 3.05. The molecule has 0 radical (unpaired) electrons. The van der Waals surface area contributed by atoms with Crippen LogP contribution in [0.15, 0.2) is 6.20 Å². The van der Waals surface area contributed by atoms with E-state index in [0.29, 0.717) is 22.9 Å². The molecule has 1 amide bonds. The maximum absolute atomic E-state index is 12.7. The lowest BCUT2D eigenvalue weighted by atomic mass is 10.1. The van der Waals surface area contributed by atoms with Crippen molar-refractivity contribution in [2.75, 3.05) is 31.9 Å². The smallest absolute Gasteiger partial charge is 0.276 e. The fourth-order valence-corrected chi connectivity index (χ4v) is 4.35. The van der Waals surface area contributed by atoms with Crippen LogP contribution in [0, 0.1) is 5.92 Å². The van der Waals surface area contributed by atoms with Crippen molar-refractivity contribution in [1.29, 1.82) is 0 Å². The van der Waals surface area contributed by atoms with Crippen molar-refractivity contribution in [2.45, 2.75) is 38.0 Å². The lowest BCUT2D eigenvalue weighted by molar-refractivity contribution is 0.0750. The summed E-state index contributed by atoms with van der Waals surface area (Å²) in [6, 6.07) is 0.371. The van der Waals surface area contributed by atoms with E-state index in [-0.39, 0.29) is 18.3 Å². The normalized spacial score (nSPS) is 22.9. The van der Waals surface area contributed by atoms with Gasteiger partial charge in [0.25, 0.3) is 5.91 Å². The Hall–Kier alpha value is -0.790. The SMILES string of the molecule is CC(C)C1CN(C(=O)c2cn(C3CCNCC3)nn2)CCS1.Cl. The zero-order chi connectivity index (χ0) is 15.5. The van der Waals surface area contributed by atoms with Gasteiger partial charge in [-0.05, 0) is 31.8 Å². The number of hydrogen-bond donors (Lipinski definition) is 1. The van der Waals surface area contributed by atoms with Crippen molar-refractivity contribution in [1.82, 2.24) is 25.2 Å². The first-order chi connectivity index (χ1) is 10.6. The number of aromatic nitrogens is 3. The molecule has 1 N–H and O–H groups in total. The number of thioether (sulfide) groups is 1. The molecule has 8 heteroatoms. The van der Waals surface area contributed by atoms with Gasteiger partial charge < -0.3 is 10.2 Å². The molecule has 1 atom stereocenters. The lowest BCUT2D eigenvalue weighted by Crippen LogP contribution is -2.43. The predicted octanol–water partition coefficient (Wildman–Crippen LogP) is 1.84. The summed E-state index contributed by atoms with van der Waals surface area (Å²) < 4.78 is 1.88. The summed E-state index contributed by atoms with van der Waals surface area (Å²) >= 11 is 1.97. The maximum atomic E-state index is 12.7. The molecular weight excluding hydrogens is 334 g/mol. The Morgan fingerprint density at radius 3 is 2.83 bits per heavy atom. The number of piperidine rings is 1. The summed E-state index contributed by atoms with van der Waals surface area (Å²) in [7, 11) is 0. The number of halogens is 1. The van der Waals surface area contributed by atoms with Gasteiger partial charge in [0.1, 0.15) is 0 Å². The number of carbonyl (C=O) groups is 1. The number of rotatable bonds is 3. The van der Waals surface area contributed by atoms with E-state index in [4.69, 9.17) is 0 Å². The molecule has 1 aromatic rings. The zero-order valence-corrected chi connectivity index (χ0v) is 15.4. The minimum atomic E-state index is 0. The first kappa shape index (κ1) is 18.5. The van der Waals surface area contributed by atoms with Crippen molar-refractivity contribution in [3.05, 3.63) is 11.9 Å². The van der Waals surface area contributed by atoms with Gasteiger partial charge in [-0.25, -0.2) is 4.68 Å². The number of carbonyl (C=O) groups excluding carboxylic acids is 1. The Balaban J connectivity index is 0.00000192. The molecule has 0 bridgehead atoms. The van der Waals surface area contributed by atoms with E-state index in [1.54, 1.807) is 0 Å². The molecule has 0 spiro atoms. The average molecular weight is 360 g/mol. The molecule has 130 valence electrons. The Bertz CT molecular complexity index is 518. The van der Waals surface area contributed by atoms with Crippen LogP contribution in [-0.4, -0.2) is 63.0 Å². The van der Waals surface area contributed by atoms with E-state index in [1.807, 2.05) is 27.5 Å². The van der Waals surface area contributed by atoms with Crippen LogP contribution in [0.3, 0.4) is 0 Å².